The van der Waals surface area contributed by atoms with Crippen molar-refractivity contribution >= 4 is 17.9 Å². The predicted octanol–water partition coefficient (Wildman–Crippen LogP) is 22.4. The number of rotatable bonds is 56. The fourth-order valence-electron chi connectivity index (χ4n) is 8.10. The zero-order chi connectivity index (χ0) is 58.5. The topological polar surface area (TPSA) is 78.9 Å². The van der Waals surface area contributed by atoms with Crippen LogP contribution in [-0.4, -0.2) is 37.2 Å². The Labute approximate surface area is 497 Å². The van der Waals surface area contributed by atoms with Crippen molar-refractivity contribution in [2.75, 3.05) is 13.2 Å². The van der Waals surface area contributed by atoms with Crippen molar-refractivity contribution < 1.29 is 28.6 Å². The minimum atomic E-state index is -0.818. The summed E-state index contributed by atoms with van der Waals surface area (Å²) in [6, 6.07) is 0. The average molecular weight is 1110 g/mol. The van der Waals surface area contributed by atoms with Crippen LogP contribution in [0.4, 0.5) is 0 Å². The van der Waals surface area contributed by atoms with Crippen LogP contribution in [0.5, 0.6) is 0 Å². The number of allylic oxidation sites excluding steroid dienone is 30. The number of esters is 3. The lowest BCUT2D eigenvalue weighted by Gasteiger charge is -2.18. The molecular formula is C75H116O6. The maximum absolute atomic E-state index is 12.9. The van der Waals surface area contributed by atoms with E-state index in [1.54, 1.807) is 0 Å². The number of hydrogen-bond donors (Lipinski definition) is 0. The number of ether oxygens (including phenoxy) is 3. The molecule has 0 rings (SSSR count). The monoisotopic (exact) mass is 1110 g/mol. The van der Waals surface area contributed by atoms with Crippen LogP contribution in [-0.2, 0) is 28.6 Å². The molecule has 0 radical (unpaired) electrons. The summed E-state index contributed by atoms with van der Waals surface area (Å²) in [6.45, 7) is 6.31. The minimum Gasteiger partial charge on any atom is -0.462 e. The van der Waals surface area contributed by atoms with Gasteiger partial charge in [0.25, 0.3) is 0 Å². The highest BCUT2D eigenvalue weighted by molar-refractivity contribution is 5.71. The van der Waals surface area contributed by atoms with Gasteiger partial charge < -0.3 is 14.2 Å². The van der Waals surface area contributed by atoms with Crippen LogP contribution < -0.4 is 0 Å². The van der Waals surface area contributed by atoms with Gasteiger partial charge in [-0.15, -0.1) is 0 Å². The maximum atomic E-state index is 12.9. The minimum absolute atomic E-state index is 0.115. The van der Waals surface area contributed by atoms with Crippen LogP contribution in [0.2, 0.25) is 0 Å². The van der Waals surface area contributed by atoms with Crippen molar-refractivity contribution in [1.29, 1.82) is 0 Å². The maximum Gasteiger partial charge on any atom is 0.306 e. The quantitative estimate of drug-likeness (QED) is 0.0261. The Morgan fingerprint density at radius 3 is 0.765 bits per heavy atom. The summed E-state index contributed by atoms with van der Waals surface area (Å²) in [5.74, 6) is -0.989. The first-order valence-corrected chi connectivity index (χ1v) is 32.3. The van der Waals surface area contributed by atoms with Gasteiger partial charge in [0.2, 0.25) is 0 Å². The Kier molecular flexibility index (Phi) is 62.5. The SMILES string of the molecule is CC/C=C\C/C=C\C/C=C\C/C=C\C/C=C\C/C=C\C/C=C\C/C=C\C/C=C\C/C=C\CCCCCCC(=O)OCC(COC(=O)CCCCC/C=C\C/C=C\C/C=C\CC)OC(=O)CCCCCCC/C=C\C/C=C\CCCCC. The van der Waals surface area contributed by atoms with Gasteiger partial charge in [-0.2, -0.15) is 0 Å². The third-order valence-corrected chi connectivity index (χ3v) is 12.9. The van der Waals surface area contributed by atoms with Gasteiger partial charge >= 0.3 is 17.9 Å². The smallest absolute Gasteiger partial charge is 0.306 e. The summed E-state index contributed by atoms with van der Waals surface area (Å²) in [4.78, 5) is 38.2. The largest absolute Gasteiger partial charge is 0.462 e. The molecule has 1 atom stereocenters. The summed E-state index contributed by atoms with van der Waals surface area (Å²) in [5, 5.41) is 0. The van der Waals surface area contributed by atoms with E-state index in [-0.39, 0.29) is 31.1 Å². The van der Waals surface area contributed by atoms with E-state index in [0.29, 0.717) is 19.3 Å². The van der Waals surface area contributed by atoms with E-state index in [0.717, 1.165) is 186 Å². The van der Waals surface area contributed by atoms with Crippen LogP contribution in [0.1, 0.15) is 252 Å². The van der Waals surface area contributed by atoms with E-state index in [4.69, 9.17) is 14.2 Å². The molecule has 0 aliphatic carbocycles. The van der Waals surface area contributed by atoms with Gasteiger partial charge in [-0.25, -0.2) is 0 Å². The number of carbonyl (C=O) groups is 3. The molecule has 452 valence electrons. The lowest BCUT2D eigenvalue weighted by atomic mass is 10.1. The van der Waals surface area contributed by atoms with Crippen LogP contribution in [0.15, 0.2) is 182 Å². The normalized spacial score (nSPS) is 13.4. The van der Waals surface area contributed by atoms with Gasteiger partial charge in [0.05, 0.1) is 0 Å². The van der Waals surface area contributed by atoms with Gasteiger partial charge in [0.1, 0.15) is 13.2 Å². The zero-order valence-corrected chi connectivity index (χ0v) is 51.7. The molecule has 0 saturated carbocycles. The molecule has 0 fully saturated rings. The van der Waals surface area contributed by atoms with Crippen LogP contribution in [0, 0.1) is 0 Å². The van der Waals surface area contributed by atoms with Crippen molar-refractivity contribution in [2.24, 2.45) is 0 Å². The van der Waals surface area contributed by atoms with Crippen LogP contribution in [0.25, 0.3) is 0 Å². The van der Waals surface area contributed by atoms with Crippen molar-refractivity contribution in [1.82, 2.24) is 0 Å². The zero-order valence-electron chi connectivity index (χ0n) is 51.7. The Hall–Kier alpha value is -5.49. The average Bonchev–Trinajstić information content (AvgIpc) is 3.46. The van der Waals surface area contributed by atoms with Gasteiger partial charge in [0.15, 0.2) is 6.10 Å². The van der Waals surface area contributed by atoms with Crippen molar-refractivity contribution in [3.8, 4) is 0 Å². The Bertz CT molecular complexity index is 1900. The third kappa shape index (κ3) is 65.2. The lowest BCUT2D eigenvalue weighted by Crippen LogP contribution is -2.30. The Morgan fingerprint density at radius 2 is 0.481 bits per heavy atom. The first kappa shape index (κ1) is 75.5. The van der Waals surface area contributed by atoms with E-state index in [1.165, 1.54) is 25.7 Å². The molecule has 0 amide bonds. The summed E-state index contributed by atoms with van der Waals surface area (Å²) in [5.41, 5.74) is 0. The number of hydrogen-bond acceptors (Lipinski definition) is 6. The van der Waals surface area contributed by atoms with Crippen molar-refractivity contribution in [2.45, 2.75) is 258 Å². The molecule has 81 heavy (non-hydrogen) atoms. The van der Waals surface area contributed by atoms with Crippen molar-refractivity contribution in [3.63, 3.8) is 0 Å². The lowest BCUT2D eigenvalue weighted by molar-refractivity contribution is -0.167. The van der Waals surface area contributed by atoms with Crippen LogP contribution >= 0.6 is 0 Å². The molecule has 0 N–H and O–H groups in total. The fraction of sp³-hybridized carbons (Fsp3) is 0.560. The Morgan fingerprint density at radius 1 is 0.259 bits per heavy atom. The molecule has 1 unspecified atom stereocenters. The number of carbonyl (C=O) groups excluding carboxylic acids is 3. The molecule has 0 aromatic heterocycles. The molecule has 6 nitrogen and oxygen atoms in total. The molecular weight excluding hydrogens is 997 g/mol. The third-order valence-electron chi connectivity index (χ3n) is 12.9. The Balaban J connectivity index is 4.37. The second kappa shape index (κ2) is 67.0. The molecule has 0 aliphatic heterocycles. The molecule has 0 saturated heterocycles. The molecule has 0 spiro atoms. The first-order valence-electron chi connectivity index (χ1n) is 32.3. The molecule has 6 heteroatoms. The van der Waals surface area contributed by atoms with E-state index >= 15 is 0 Å². The highest BCUT2D eigenvalue weighted by atomic mass is 16.6. The first-order chi connectivity index (χ1) is 40.0. The molecule has 0 aromatic carbocycles. The summed E-state index contributed by atoms with van der Waals surface area (Å²) in [7, 11) is 0. The van der Waals surface area contributed by atoms with Gasteiger partial charge in [0, 0.05) is 19.3 Å². The van der Waals surface area contributed by atoms with E-state index in [2.05, 4.69) is 203 Å². The number of unbranched alkanes of at least 4 members (excludes halogenated alkanes) is 15. The standard InChI is InChI=1S/C75H116O6/c1-4-7-10-13-16-19-22-25-27-28-29-30-31-32-33-34-35-36-37-38-39-40-41-42-43-44-45-46-48-50-53-56-59-62-65-68-74(77)80-71-72(70-79-73(76)67-64-61-58-55-52-49-24-21-18-15-12-9-6-3)81-75(78)69-66-63-60-57-54-51-47-26-23-20-17-14-11-8-5-2/h7,9-10,12,16-21,25-27,29-30,32-33,35-36,38-39,41-42,44-45,47-50,52,72H,4-6,8,11,13-15,22-24,28,31,34,37,40,43,46,51,53-71H2,1-3H3/b10-7-,12-9-,19-16-,20-17-,21-18-,27-25-,30-29-,33-32-,36-35-,39-38-,42-41-,45-44-,47-26-,50-48-,52-49-. The second-order valence-corrected chi connectivity index (χ2v) is 20.5. The molecule has 0 bridgehead atoms. The van der Waals surface area contributed by atoms with Gasteiger partial charge in [-0.05, 0) is 161 Å². The van der Waals surface area contributed by atoms with E-state index < -0.39 is 6.10 Å². The summed E-state index contributed by atoms with van der Waals surface area (Å²) >= 11 is 0. The van der Waals surface area contributed by atoms with Gasteiger partial charge in [-0.1, -0.05) is 254 Å². The summed E-state index contributed by atoms with van der Waals surface area (Å²) in [6.07, 6.45) is 100. The molecule has 0 aliphatic rings. The van der Waals surface area contributed by atoms with E-state index in [1.807, 2.05) is 0 Å². The van der Waals surface area contributed by atoms with Crippen molar-refractivity contribution in [3.05, 3.63) is 182 Å². The van der Waals surface area contributed by atoms with E-state index in [9.17, 15) is 14.4 Å². The predicted molar refractivity (Wildman–Crippen MR) is 352 cm³/mol. The highest BCUT2D eigenvalue weighted by Gasteiger charge is 2.19. The highest BCUT2D eigenvalue weighted by Crippen LogP contribution is 2.13. The molecule has 0 aromatic rings. The van der Waals surface area contributed by atoms with Crippen LogP contribution in [0.3, 0.4) is 0 Å². The second-order valence-electron chi connectivity index (χ2n) is 20.5. The fourth-order valence-corrected chi connectivity index (χ4v) is 8.10. The van der Waals surface area contributed by atoms with Gasteiger partial charge in [-0.3, -0.25) is 14.4 Å². The summed E-state index contributed by atoms with van der Waals surface area (Å²) < 4.78 is 16.8. The molecule has 0 heterocycles.